The molecule has 4 nitrogen and oxygen atoms in total. The number of aliphatic hydroxyl groups is 1. The molecule has 0 aromatic carbocycles. The van der Waals surface area contributed by atoms with Crippen LogP contribution < -0.4 is 0 Å². The third-order valence-corrected chi connectivity index (χ3v) is 3.85. The van der Waals surface area contributed by atoms with Crippen LogP contribution in [0.4, 0.5) is 0 Å². The smallest absolute Gasteiger partial charge is 0.160 e. The first-order chi connectivity index (χ1) is 8.18. The lowest BCUT2D eigenvalue weighted by molar-refractivity contribution is -0.00563. The molecule has 1 fully saturated rings. The Labute approximate surface area is 111 Å². The van der Waals surface area contributed by atoms with Gasteiger partial charge in [0, 0.05) is 23.3 Å². The number of pyridine rings is 1. The molecule has 17 heavy (non-hydrogen) atoms. The first kappa shape index (κ1) is 11.5. The van der Waals surface area contributed by atoms with Gasteiger partial charge in [0.05, 0.1) is 17.5 Å². The SMILES string of the molecule is OC1CCOC1n1cc(Br)c2c(Cl)nccc21. The molecule has 0 spiro atoms. The quantitative estimate of drug-likeness (QED) is 0.823. The van der Waals surface area contributed by atoms with Gasteiger partial charge in [-0.15, -0.1) is 0 Å². The maximum absolute atomic E-state index is 9.87. The van der Waals surface area contributed by atoms with Crippen molar-refractivity contribution in [1.29, 1.82) is 0 Å². The average Bonchev–Trinajstić information content (AvgIpc) is 2.84. The molecule has 0 aliphatic carbocycles. The van der Waals surface area contributed by atoms with Gasteiger partial charge < -0.3 is 14.4 Å². The summed E-state index contributed by atoms with van der Waals surface area (Å²) in [5.74, 6) is 0. The number of halogens is 2. The van der Waals surface area contributed by atoms with Crippen molar-refractivity contribution in [2.75, 3.05) is 6.61 Å². The number of hydrogen-bond acceptors (Lipinski definition) is 3. The second-order valence-corrected chi connectivity index (χ2v) is 5.21. The minimum Gasteiger partial charge on any atom is -0.388 e. The number of nitrogens with zero attached hydrogens (tertiary/aromatic N) is 2. The van der Waals surface area contributed by atoms with Crippen LogP contribution in [-0.4, -0.2) is 27.4 Å². The summed E-state index contributed by atoms with van der Waals surface area (Å²) in [6.45, 7) is 0.571. The van der Waals surface area contributed by atoms with E-state index in [1.807, 2.05) is 16.8 Å². The molecule has 1 aliphatic heterocycles. The van der Waals surface area contributed by atoms with Gasteiger partial charge >= 0.3 is 0 Å². The summed E-state index contributed by atoms with van der Waals surface area (Å²) < 4.78 is 8.29. The Morgan fingerprint density at radius 3 is 3.12 bits per heavy atom. The summed E-state index contributed by atoms with van der Waals surface area (Å²) in [5, 5.41) is 11.2. The minimum absolute atomic E-state index is 0.345. The molecule has 0 radical (unpaired) electrons. The van der Waals surface area contributed by atoms with Crippen LogP contribution in [0.5, 0.6) is 0 Å². The van der Waals surface area contributed by atoms with Gasteiger partial charge in [-0.2, -0.15) is 0 Å². The van der Waals surface area contributed by atoms with Crippen LogP contribution >= 0.6 is 27.5 Å². The van der Waals surface area contributed by atoms with Crippen molar-refractivity contribution in [3.05, 3.63) is 28.1 Å². The maximum Gasteiger partial charge on any atom is 0.160 e. The van der Waals surface area contributed by atoms with Crippen molar-refractivity contribution in [2.24, 2.45) is 0 Å². The number of rotatable bonds is 1. The van der Waals surface area contributed by atoms with Crippen molar-refractivity contribution in [3.8, 4) is 0 Å². The Hall–Kier alpha value is -0.620. The number of aliphatic hydroxyl groups excluding tert-OH is 1. The molecule has 1 aliphatic rings. The minimum atomic E-state index is -0.482. The van der Waals surface area contributed by atoms with E-state index in [1.54, 1.807) is 6.20 Å². The Kier molecular flexibility index (Phi) is 2.86. The van der Waals surface area contributed by atoms with Crippen LogP contribution in [0.15, 0.2) is 22.9 Å². The highest BCUT2D eigenvalue weighted by atomic mass is 79.9. The molecular weight excluding hydrogens is 307 g/mol. The van der Waals surface area contributed by atoms with E-state index in [0.29, 0.717) is 18.2 Å². The molecule has 6 heteroatoms. The Morgan fingerprint density at radius 1 is 1.59 bits per heavy atom. The van der Waals surface area contributed by atoms with Gasteiger partial charge in [0.25, 0.3) is 0 Å². The molecule has 0 saturated carbocycles. The van der Waals surface area contributed by atoms with Gasteiger partial charge in [0.15, 0.2) is 6.23 Å². The van der Waals surface area contributed by atoms with Gasteiger partial charge in [0.2, 0.25) is 0 Å². The molecule has 0 bridgehead atoms. The third-order valence-electron chi connectivity index (χ3n) is 2.96. The van der Waals surface area contributed by atoms with Crippen LogP contribution in [0.3, 0.4) is 0 Å². The summed E-state index contributed by atoms with van der Waals surface area (Å²) in [4.78, 5) is 4.05. The van der Waals surface area contributed by atoms with Crippen LogP contribution in [0.2, 0.25) is 5.15 Å². The highest BCUT2D eigenvalue weighted by Gasteiger charge is 2.29. The number of fused-ring (bicyclic) bond motifs is 1. The first-order valence-corrected chi connectivity index (χ1v) is 6.46. The fourth-order valence-corrected chi connectivity index (χ4v) is 3.14. The normalized spacial score (nSPS) is 24.6. The molecule has 3 heterocycles. The van der Waals surface area contributed by atoms with Gasteiger partial charge in [-0.3, -0.25) is 0 Å². The van der Waals surface area contributed by atoms with Crippen molar-refractivity contribution in [1.82, 2.24) is 9.55 Å². The lowest BCUT2D eigenvalue weighted by Gasteiger charge is -2.16. The van der Waals surface area contributed by atoms with Crippen LogP contribution in [-0.2, 0) is 4.74 Å². The van der Waals surface area contributed by atoms with Gasteiger partial charge in [-0.25, -0.2) is 4.98 Å². The summed E-state index contributed by atoms with van der Waals surface area (Å²) in [5.41, 5.74) is 0.905. The molecule has 90 valence electrons. The van der Waals surface area contributed by atoms with Crippen molar-refractivity contribution in [3.63, 3.8) is 0 Å². The average molecular weight is 318 g/mol. The lowest BCUT2D eigenvalue weighted by atomic mass is 10.2. The van der Waals surface area contributed by atoms with E-state index in [1.165, 1.54) is 0 Å². The highest BCUT2D eigenvalue weighted by Crippen LogP contribution is 2.35. The summed E-state index contributed by atoms with van der Waals surface area (Å²) >= 11 is 9.51. The number of hydrogen-bond donors (Lipinski definition) is 1. The van der Waals surface area contributed by atoms with E-state index in [-0.39, 0.29) is 6.23 Å². The van der Waals surface area contributed by atoms with E-state index >= 15 is 0 Å². The fraction of sp³-hybridized carbons (Fsp3) is 0.364. The second-order valence-electron chi connectivity index (χ2n) is 4.00. The molecule has 3 rings (SSSR count). The summed E-state index contributed by atoms with van der Waals surface area (Å²) in [6, 6.07) is 1.86. The van der Waals surface area contributed by atoms with E-state index < -0.39 is 6.10 Å². The zero-order valence-corrected chi connectivity index (χ0v) is 11.1. The van der Waals surface area contributed by atoms with Gasteiger partial charge in [0.1, 0.15) is 11.3 Å². The Bertz CT molecular complexity index is 572. The maximum atomic E-state index is 9.87. The standard InChI is InChI=1S/C11H10BrClN2O2/c12-6-5-15(11-8(16)2-4-17-11)7-1-3-14-10(13)9(6)7/h1,3,5,8,11,16H,2,4H2. The fourth-order valence-electron chi connectivity index (χ4n) is 2.16. The summed E-state index contributed by atoms with van der Waals surface area (Å²) in [7, 11) is 0. The Morgan fingerprint density at radius 2 is 2.41 bits per heavy atom. The predicted molar refractivity (Wildman–Crippen MR) is 68.1 cm³/mol. The molecule has 1 saturated heterocycles. The monoisotopic (exact) mass is 316 g/mol. The third kappa shape index (κ3) is 1.78. The summed E-state index contributed by atoms with van der Waals surface area (Å²) in [6.07, 6.45) is 3.35. The highest BCUT2D eigenvalue weighted by molar-refractivity contribution is 9.10. The van der Waals surface area contributed by atoms with Crippen molar-refractivity contribution in [2.45, 2.75) is 18.8 Å². The number of ether oxygens (including phenoxy) is 1. The van der Waals surface area contributed by atoms with Crippen LogP contribution in [0.1, 0.15) is 12.6 Å². The molecule has 2 atom stereocenters. The Balaban J connectivity index is 2.20. The zero-order valence-electron chi connectivity index (χ0n) is 8.81. The zero-order chi connectivity index (χ0) is 12.0. The van der Waals surface area contributed by atoms with E-state index in [0.717, 1.165) is 15.4 Å². The predicted octanol–water partition coefficient (Wildman–Crippen LogP) is 2.73. The molecule has 1 N–H and O–H groups in total. The van der Waals surface area contributed by atoms with Gasteiger partial charge in [-0.1, -0.05) is 11.6 Å². The van der Waals surface area contributed by atoms with E-state index in [2.05, 4.69) is 20.9 Å². The van der Waals surface area contributed by atoms with E-state index in [9.17, 15) is 5.11 Å². The molecule has 0 amide bonds. The molecule has 2 aromatic rings. The van der Waals surface area contributed by atoms with E-state index in [4.69, 9.17) is 16.3 Å². The lowest BCUT2D eigenvalue weighted by Crippen LogP contribution is -2.18. The molecular formula is C11H10BrClN2O2. The van der Waals surface area contributed by atoms with Gasteiger partial charge in [-0.05, 0) is 22.0 Å². The van der Waals surface area contributed by atoms with Crippen LogP contribution in [0.25, 0.3) is 10.9 Å². The number of aromatic nitrogens is 2. The largest absolute Gasteiger partial charge is 0.388 e. The molecule has 2 unspecified atom stereocenters. The molecule has 2 aromatic heterocycles. The first-order valence-electron chi connectivity index (χ1n) is 5.28. The van der Waals surface area contributed by atoms with Crippen molar-refractivity contribution < 1.29 is 9.84 Å². The van der Waals surface area contributed by atoms with Crippen molar-refractivity contribution >= 4 is 38.4 Å². The second kappa shape index (κ2) is 4.24. The van der Waals surface area contributed by atoms with Crippen LogP contribution in [0, 0.1) is 0 Å². The topological polar surface area (TPSA) is 47.3 Å².